The van der Waals surface area contributed by atoms with Crippen molar-refractivity contribution < 1.29 is 29.0 Å². The first-order valence-corrected chi connectivity index (χ1v) is 14.5. The van der Waals surface area contributed by atoms with Gasteiger partial charge in [-0.15, -0.1) is 23.1 Å². The van der Waals surface area contributed by atoms with Gasteiger partial charge in [-0.25, -0.2) is 9.78 Å². The van der Waals surface area contributed by atoms with Crippen molar-refractivity contribution in [2.24, 2.45) is 0 Å². The number of carboxylic acids is 1. The van der Waals surface area contributed by atoms with Gasteiger partial charge in [-0.1, -0.05) is 24.3 Å². The molecular weight excluding hydrogens is 574 g/mol. The number of aromatic carboxylic acids is 1. The van der Waals surface area contributed by atoms with Gasteiger partial charge in [0.1, 0.15) is 0 Å². The minimum Gasteiger partial charge on any atom is -0.493 e. The molecule has 0 atom stereocenters. The van der Waals surface area contributed by atoms with E-state index in [2.05, 4.69) is 15.6 Å². The van der Waals surface area contributed by atoms with Crippen molar-refractivity contribution in [3.63, 3.8) is 0 Å². The summed E-state index contributed by atoms with van der Waals surface area (Å²) in [4.78, 5) is 42.7. The predicted molar refractivity (Wildman–Crippen MR) is 165 cm³/mol. The summed E-state index contributed by atoms with van der Waals surface area (Å²) in [5.41, 5.74) is 2.44. The Bertz CT molecular complexity index is 1780. The molecule has 11 heteroatoms. The molecule has 0 saturated carbocycles. The normalized spacial score (nSPS) is 10.7. The number of amides is 2. The molecule has 0 saturated heterocycles. The van der Waals surface area contributed by atoms with Crippen LogP contribution >= 0.6 is 23.1 Å². The zero-order chi connectivity index (χ0) is 29.6. The number of carbonyl (C=O) groups excluding carboxylic acids is 2. The fourth-order valence-corrected chi connectivity index (χ4v) is 5.74. The average Bonchev–Trinajstić information content (AvgIpc) is 3.47. The largest absolute Gasteiger partial charge is 0.493 e. The van der Waals surface area contributed by atoms with Gasteiger partial charge >= 0.3 is 5.97 Å². The number of thioether (sulfide) groups is 1. The number of carboxylic acid groups (broad SMARTS) is 1. The standard InChI is InChI=1S/C31H25N3O6S2/c1-39-25-14-9-19(15-26(25)40-2)24-16-42-31(33-24)34-27(35)17-41-21-12-10-20(11-13-21)32-29(36)22-7-3-5-18-6-4-8-23(28(18)22)30(37)38/h3-16H,17H2,1-2H3,(H,32,36)(H,37,38)(H,33,34,35). The van der Waals surface area contributed by atoms with Crippen LogP contribution in [0.4, 0.5) is 10.8 Å². The highest BCUT2D eigenvalue weighted by Crippen LogP contribution is 2.33. The number of carbonyl (C=O) groups is 3. The molecule has 3 N–H and O–H groups in total. The summed E-state index contributed by atoms with van der Waals surface area (Å²) in [5, 5.41) is 18.7. The van der Waals surface area contributed by atoms with Crippen LogP contribution in [0.2, 0.25) is 0 Å². The number of nitrogens with one attached hydrogen (secondary N) is 2. The molecule has 0 unspecified atom stereocenters. The highest BCUT2D eigenvalue weighted by Gasteiger charge is 2.17. The smallest absolute Gasteiger partial charge is 0.336 e. The van der Waals surface area contributed by atoms with Gasteiger partial charge in [-0.3, -0.25) is 9.59 Å². The SMILES string of the molecule is COc1ccc(-c2csc(NC(=O)CSc3ccc(NC(=O)c4cccc5cccc(C(=O)O)c45)cc3)n2)cc1OC. The number of anilines is 2. The van der Waals surface area contributed by atoms with Crippen LogP contribution in [-0.4, -0.2) is 47.8 Å². The van der Waals surface area contributed by atoms with E-state index in [1.807, 2.05) is 17.5 Å². The summed E-state index contributed by atoms with van der Waals surface area (Å²) in [6.07, 6.45) is 0. The van der Waals surface area contributed by atoms with E-state index in [0.29, 0.717) is 38.8 Å². The van der Waals surface area contributed by atoms with E-state index in [4.69, 9.17) is 9.47 Å². The molecule has 5 rings (SSSR count). The number of aromatic nitrogens is 1. The molecule has 0 spiro atoms. The second-order valence-electron chi connectivity index (χ2n) is 8.94. The number of ether oxygens (including phenoxy) is 2. The molecule has 0 bridgehead atoms. The van der Waals surface area contributed by atoms with Gasteiger partial charge in [0.2, 0.25) is 5.91 Å². The minimum atomic E-state index is -1.10. The van der Waals surface area contributed by atoms with Crippen molar-refractivity contribution in [2.75, 3.05) is 30.6 Å². The Hall–Kier alpha value is -4.87. The molecule has 5 aromatic rings. The number of hydrogen-bond acceptors (Lipinski definition) is 8. The van der Waals surface area contributed by atoms with Gasteiger partial charge in [0.15, 0.2) is 16.6 Å². The van der Waals surface area contributed by atoms with Crippen LogP contribution in [-0.2, 0) is 4.79 Å². The van der Waals surface area contributed by atoms with Gasteiger partial charge in [0.05, 0.1) is 31.2 Å². The van der Waals surface area contributed by atoms with E-state index in [0.717, 1.165) is 10.5 Å². The fourth-order valence-electron chi connectivity index (χ4n) is 4.30. The molecular formula is C31H25N3O6S2. The van der Waals surface area contributed by atoms with E-state index in [9.17, 15) is 19.5 Å². The third-order valence-corrected chi connectivity index (χ3v) is 8.06. The van der Waals surface area contributed by atoms with E-state index in [1.165, 1.54) is 29.2 Å². The van der Waals surface area contributed by atoms with Crippen LogP contribution in [0.3, 0.4) is 0 Å². The number of nitrogens with zero attached hydrogens (tertiary/aromatic N) is 1. The van der Waals surface area contributed by atoms with E-state index >= 15 is 0 Å². The maximum Gasteiger partial charge on any atom is 0.336 e. The summed E-state index contributed by atoms with van der Waals surface area (Å²) in [6, 6.07) is 22.6. The first-order chi connectivity index (χ1) is 20.4. The van der Waals surface area contributed by atoms with Crippen LogP contribution in [0.25, 0.3) is 22.0 Å². The Morgan fingerprint density at radius 2 is 1.60 bits per heavy atom. The topological polar surface area (TPSA) is 127 Å². The zero-order valence-corrected chi connectivity index (χ0v) is 24.2. The number of hydrogen-bond donors (Lipinski definition) is 3. The Morgan fingerprint density at radius 3 is 2.29 bits per heavy atom. The fraction of sp³-hybridized carbons (Fsp3) is 0.0968. The molecule has 42 heavy (non-hydrogen) atoms. The van der Waals surface area contributed by atoms with Gasteiger partial charge in [-0.2, -0.15) is 0 Å². The van der Waals surface area contributed by atoms with Crippen molar-refractivity contribution in [1.82, 2.24) is 4.98 Å². The van der Waals surface area contributed by atoms with Crippen LogP contribution in [0.15, 0.2) is 89.1 Å². The van der Waals surface area contributed by atoms with Crippen LogP contribution < -0.4 is 20.1 Å². The molecule has 0 fully saturated rings. The maximum absolute atomic E-state index is 13.1. The van der Waals surface area contributed by atoms with Crippen LogP contribution in [0, 0.1) is 0 Å². The van der Waals surface area contributed by atoms with Crippen LogP contribution in [0.5, 0.6) is 11.5 Å². The van der Waals surface area contributed by atoms with E-state index in [-0.39, 0.29) is 22.8 Å². The molecule has 2 amide bonds. The Morgan fingerprint density at radius 1 is 0.881 bits per heavy atom. The number of methoxy groups -OCH3 is 2. The molecule has 0 radical (unpaired) electrons. The predicted octanol–water partition coefficient (Wildman–Crippen LogP) is 6.66. The van der Waals surface area contributed by atoms with E-state index < -0.39 is 11.9 Å². The third-order valence-electron chi connectivity index (χ3n) is 6.29. The third kappa shape index (κ3) is 6.37. The molecule has 9 nitrogen and oxygen atoms in total. The molecule has 1 heterocycles. The molecule has 0 aliphatic heterocycles. The summed E-state index contributed by atoms with van der Waals surface area (Å²) in [6.45, 7) is 0. The molecule has 212 valence electrons. The number of rotatable bonds is 10. The van der Waals surface area contributed by atoms with Gasteiger partial charge in [0.25, 0.3) is 5.91 Å². The second-order valence-corrected chi connectivity index (χ2v) is 10.8. The highest BCUT2D eigenvalue weighted by molar-refractivity contribution is 8.00. The lowest BCUT2D eigenvalue weighted by molar-refractivity contribution is -0.113. The maximum atomic E-state index is 13.1. The lowest BCUT2D eigenvalue weighted by atomic mass is 9.98. The molecule has 4 aromatic carbocycles. The van der Waals surface area contributed by atoms with Gasteiger partial charge < -0.3 is 25.2 Å². The summed E-state index contributed by atoms with van der Waals surface area (Å²) < 4.78 is 10.6. The van der Waals surface area contributed by atoms with E-state index in [1.54, 1.807) is 74.9 Å². The average molecular weight is 600 g/mol. The Labute approximate surface area is 249 Å². The zero-order valence-electron chi connectivity index (χ0n) is 22.5. The summed E-state index contributed by atoms with van der Waals surface area (Å²) in [5.74, 6) is -0.321. The monoisotopic (exact) mass is 599 g/mol. The number of fused-ring (bicyclic) bond motifs is 1. The number of thiazole rings is 1. The first-order valence-electron chi connectivity index (χ1n) is 12.6. The molecule has 1 aromatic heterocycles. The second kappa shape index (κ2) is 12.8. The van der Waals surface area contributed by atoms with Crippen molar-refractivity contribution in [3.05, 3.63) is 95.4 Å². The summed E-state index contributed by atoms with van der Waals surface area (Å²) >= 11 is 2.68. The van der Waals surface area contributed by atoms with Crippen molar-refractivity contribution in [3.8, 4) is 22.8 Å². The minimum absolute atomic E-state index is 0.0678. The highest BCUT2D eigenvalue weighted by atomic mass is 32.2. The lowest BCUT2D eigenvalue weighted by Gasteiger charge is -2.11. The van der Waals surface area contributed by atoms with Crippen molar-refractivity contribution >= 4 is 62.5 Å². The van der Waals surface area contributed by atoms with Crippen molar-refractivity contribution in [2.45, 2.75) is 4.90 Å². The summed E-state index contributed by atoms with van der Waals surface area (Å²) in [7, 11) is 3.14. The van der Waals surface area contributed by atoms with Gasteiger partial charge in [-0.05, 0) is 60.0 Å². The van der Waals surface area contributed by atoms with Crippen molar-refractivity contribution in [1.29, 1.82) is 0 Å². The van der Waals surface area contributed by atoms with Gasteiger partial charge in [0, 0.05) is 32.5 Å². The number of benzene rings is 4. The Balaban J connectivity index is 1.18. The molecule has 0 aliphatic rings. The quantitative estimate of drug-likeness (QED) is 0.152. The lowest BCUT2D eigenvalue weighted by Crippen LogP contribution is -2.14. The Kier molecular flexibility index (Phi) is 8.70. The molecule has 0 aliphatic carbocycles. The van der Waals surface area contributed by atoms with Crippen LogP contribution in [0.1, 0.15) is 20.7 Å². The first kappa shape index (κ1) is 28.7.